The lowest BCUT2D eigenvalue weighted by Crippen LogP contribution is -2.24. The van der Waals surface area contributed by atoms with Crippen LogP contribution in [0.1, 0.15) is 60.8 Å². The third-order valence-corrected chi connectivity index (χ3v) is 2.15. The second-order valence-corrected chi connectivity index (χ2v) is 3.39. The van der Waals surface area contributed by atoms with Gasteiger partial charge in [0.1, 0.15) is 0 Å². The van der Waals surface area contributed by atoms with E-state index in [-0.39, 0.29) is 0 Å². The van der Waals surface area contributed by atoms with Crippen LogP contribution in [0.4, 0.5) is 0 Å². The summed E-state index contributed by atoms with van der Waals surface area (Å²) in [6.45, 7) is 14.6. The summed E-state index contributed by atoms with van der Waals surface area (Å²) in [6, 6.07) is 5.72. The Balaban J connectivity index is -0.000000195. The van der Waals surface area contributed by atoms with Crippen LogP contribution < -0.4 is 0 Å². The molecule has 0 unspecified atom stereocenters. The molecule has 1 fully saturated rings. The van der Waals surface area contributed by atoms with Gasteiger partial charge in [0.2, 0.25) is 0 Å². The Hall–Kier alpha value is -0.890. The van der Waals surface area contributed by atoms with Gasteiger partial charge in [-0.05, 0) is 45.1 Å². The minimum absolute atomic E-state index is 1.32. The molecule has 2 nitrogen and oxygen atoms in total. The van der Waals surface area contributed by atoms with Gasteiger partial charge in [0, 0.05) is 12.4 Å². The zero-order valence-corrected chi connectivity index (χ0v) is 14.3. The minimum atomic E-state index is 1.32. The van der Waals surface area contributed by atoms with Crippen molar-refractivity contribution in [2.24, 2.45) is 0 Å². The first-order valence-corrected chi connectivity index (χ1v) is 7.93. The van der Waals surface area contributed by atoms with Gasteiger partial charge in [-0.2, -0.15) is 0 Å². The van der Waals surface area contributed by atoms with Crippen LogP contribution in [-0.4, -0.2) is 30.0 Å². The fourth-order valence-corrected chi connectivity index (χ4v) is 1.36. The number of nitrogens with zero attached hydrogens (tertiary/aromatic N) is 2. The Kier molecular flexibility index (Phi) is 31.6. The highest BCUT2D eigenvalue weighted by Gasteiger charge is 2.02. The average Bonchev–Trinajstić information content (AvgIpc) is 2.56. The predicted octanol–water partition coefficient (Wildman–Crippen LogP) is 5.26. The summed E-state index contributed by atoms with van der Waals surface area (Å²) >= 11 is 0. The maximum absolute atomic E-state index is 3.78. The van der Waals surface area contributed by atoms with E-state index in [4.69, 9.17) is 0 Å². The molecule has 1 aliphatic heterocycles. The van der Waals surface area contributed by atoms with E-state index in [1.54, 1.807) is 12.4 Å². The van der Waals surface area contributed by atoms with E-state index in [9.17, 15) is 0 Å². The van der Waals surface area contributed by atoms with Crippen molar-refractivity contribution in [3.05, 3.63) is 30.6 Å². The van der Waals surface area contributed by atoms with Crippen LogP contribution in [0.3, 0.4) is 0 Å². The van der Waals surface area contributed by atoms with Crippen molar-refractivity contribution in [1.29, 1.82) is 0 Å². The number of aromatic nitrogens is 1. The molecule has 2 heterocycles. The van der Waals surface area contributed by atoms with Gasteiger partial charge in [-0.1, -0.05) is 54.0 Å². The summed E-state index contributed by atoms with van der Waals surface area (Å²) in [7, 11) is 2.19. The zero-order valence-electron chi connectivity index (χ0n) is 14.3. The average molecular weight is 268 g/mol. The lowest BCUT2D eigenvalue weighted by Gasteiger charge is -2.20. The first-order valence-electron chi connectivity index (χ1n) is 7.93. The molecule has 0 N–H and O–H groups in total. The number of piperidine rings is 1. The molecule has 1 aromatic heterocycles. The van der Waals surface area contributed by atoms with Gasteiger partial charge in [0.05, 0.1) is 0 Å². The number of rotatable bonds is 0. The third kappa shape index (κ3) is 22.7. The van der Waals surface area contributed by atoms with Gasteiger partial charge < -0.3 is 4.90 Å². The molecule has 114 valence electrons. The fourth-order valence-electron chi connectivity index (χ4n) is 1.36. The Labute approximate surface area is 122 Å². The Morgan fingerprint density at radius 3 is 1.26 bits per heavy atom. The molecule has 2 rings (SSSR count). The smallest absolute Gasteiger partial charge is 0.0267 e. The van der Waals surface area contributed by atoms with Gasteiger partial charge >= 0.3 is 0 Å². The van der Waals surface area contributed by atoms with Crippen molar-refractivity contribution in [2.45, 2.75) is 60.8 Å². The van der Waals surface area contributed by atoms with Crippen LogP contribution in [0.25, 0.3) is 0 Å². The van der Waals surface area contributed by atoms with E-state index < -0.39 is 0 Å². The predicted molar refractivity (Wildman–Crippen MR) is 89.6 cm³/mol. The lowest BCUT2D eigenvalue weighted by atomic mass is 10.1. The highest BCUT2D eigenvalue weighted by atomic mass is 15.1. The molecular weight excluding hydrogens is 232 g/mol. The maximum atomic E-state index is 3.78. The van der Waals surface area contributed by atoms with Gasteiger partial charge in [0.15, 0.2) is 0 Å². The number of hydrogen-bond acceptors (Lipinski definition) is 2. The second kappa shape index (κ2) is 25.8. The largest absolute Gasteiger partial charge is 0.306 e. The van der Waals surface area contributed by atoms with Crippen molar-refractivity contribution in [3.63, 3.8) is 0 Å². The van der Waals surface area contributed by atoms with Crippen LogP contribution in [0.15, 0.2) is 30.6 Å². The molecule has 0 spiro atoms. The topological polar surface area (TPSA) is 16.1 Å². The number of likely N-dealkylation sites (tertiary alicyclic amines) is 1. The Morgan fingerprint density at radius 1 is 0.684 bits per heavy atom. The van der Waals surface area contributed by atoms with Crippen molar-refractivity contribution < 1.29 is 0 Å². The molecule has 0 radical (unpaired) electrons. The van der Waals surface area contributed by atoms with Gasteiger partial charge in [-0.25, -0.2) is 0 Å². The van der Waals surface area contributed by atoms with Crippen LogP contribution in [0.2, 0.25) is 0 Å². The normalized spacial score (nSPS) is 12.8. The minimum Gasteiger partial charge on any atom is -0.306 e. The highest BCUT2D eigenvalue weighted by Crippen LogP contribution is 2.04. The van der Waals surface area contributed by atoms with E-state index in [2.05, 4.69) is 16.9 Å². The molecule has 0 saturated carbocycles. The van der Waals surface area contributed by atoms with Crippen LogP contribution in [0, 0.1) is 0 Å². The van der Waals surface area contributed by atoms with Crippen LogP contribution in [0.5, 0.6) is 0 Å². The van der Waals surface area contributed by atoms with E-state index in [0.29, 0.717) is 0 Å². The van der Waals surface area contributed by atoms with E-state index >= 15 is 0 Å². The molecule has 1 aromatic rings. The first kappa shape index (κ1) is 23.2. The number of pyridine rings is 1. The molecular formula is C17H36N2. The molecule has 1 saturated heterocycles. The summed E-state index contributed by atoms with van der Waals surface area (Å²) < 4.78 is 0. The van der Waals surface area contributed by atoms with E-state index in [1.165, 1.54) is 32.4 Å². The van der Waals surface area contributed by atoms with E-state index in [1.807, 2.05) is 59.7 Å². The van der Waals surface area contributed by atoms with E-state index in [0.717, 1.165) is 0 Å². The maximum Gasteiger partial charge on any atom is 0.0267 e. The summed E-state index contributed by atoms with van der Waals surface area (Å²) in [5.41, 5.74) is 0. The standard InChI is InChI=1S/C6H13N.C5H5N.3C2H6/c1-7-5-3-2-4-6-7;1-2-4-6-5-3-1;3*1-2/h2-6H2,1H3;1-5H;3*1-2H3. The summed E-state index contributed by atoms with van der Waals surface area (Å²) in [4.78, 5) is 6.18. The zero-order chi connectivity index (χ0) is 15.4. The van der Waals surface area contributed by atoms with Crippen LogP contribution >= 0.6 is 0 Å². The van der Waals surface area contributed by atoms with Crippen molar-refractivity contribution in [2.75, 3.05) is 20.1 Å². The molecule has 19 heavy (non-hydrogen) atoms. The molecule has 1 aliphatic rings. The van der Waals surface area contributed by atoms with Gasteiger partial charge in [0.25, 0.3) is 0 Å². The quantitative estimate of drug-likeness (QED) is 0.638. The van der Waals surface area contributed by atoms with Crippen molar-refractivity contribution in [1.82, 2.24) is 9.88 Å². The van der Waals surface area contributed by atoms with Crippen molar-refractivity contribution >= 4 is 0 Å². The summed E-state index contributed by atoms with van der Waals surface area (Å²) in [5, 5.41) is 0. The van der Waals surface area contributed by atoms with Gasteiger partial charge in [-0.3, -0.25) is 4.98 Å². The Morgan fingerprint density at radius 2 is 1.11 bits per heavy atom. The Bertz CT molecular complexity index is 167. The first-order chi connectivity index (χ1) is 9.39. The molecule has 0 amide bonds. The summed E-state index contributed by atoms with van der Waals surface area (Å²) in [5.74, 6) is 0. The van der Waals surface area contributed by atoms with Crippen LogP contribution in [-0.2, 0) is 0 Å². The lowest BCUT2D eigenvalue weighted by molar-refractivity contribution is 0.277. The monoisotopic (exact) mass is 268 g/mol. The summed E-state index contributed by atoms with van der Waals surface area (Å²) in [6.07, 6.45) is 7.78. The molecule has 0 aromatic carbocycles. The van der Waals surface area contributed by atoms with Gasteiger partial charge in [-0.15, -0.1) is 0 Å². The molecule has 0 bridgehead atoms. The highest BCUT2D eigenvalue weighted by molar-refractivity contribution is 4.88. The van der Waals surface area contributed by atoms with Crippen molar-refractivity contribution in [3.8, 4) is 0 Å². The fraction of sp³-hybridized carbons (Fsp3) is 0.706. The molecule has 0 aliphatic carbocycles. The third-order valence-electron chi connectivity index (χ3n) is 2.15. The number of hydrogen-bond donors (Lipinski definition) is 0. The second-order valence-electron chi connectivity index (χ2n) is 3.39. The SMILES string of the molecule is CC.CC.CC.CN1CCCCC1.c1ccncc1. The molecule has 2 heteroatoms. The molecule has 0 atom stereocenters.